The molecule has 1 amide bonds. The highest BCUT2D eigenvalue weighted by atomic mass is 32.2. The summed E-state index contributed by atoms with van der Waals surface area (Å²) in [7, 11) is -2.17. The van der Waals surface area contributed by atoms with Crippen molar-refractivity contribution in [1.29, 1.82) is 0 Å². The van der Waals surface area contributed by atoms with E-state index in [1.54, 1.807) is 30.3 Å². The van der Waals surface area contributed by atoms with Crippen LogP contribution in [0.15, 0.2) is 42.5 Å². The number of amides is 1. The van der Waals surface area contributed by atoms with Crippen molar-refractivity contribution >= 4 is 21.6 Å². The van der Waals surface area contributed by atoms with E-state index in [4.69, 9.17) is 10.5 Å². The fourth-order valence-electron chi connectivity index (χ4n) is 2.03. The minimum absolute atomic E-state index is 0.201. The van der Waals surface area contributed by atoms with Gasteiger partial charge in [0.1, 0.15) is 11.6 Å². The molecule has 2 rings (SSSR count). The number of ether oxygens (including phenoxy) is 1. The third kappa shape index (κ3) is 4.23. The molecule has 0 saturated heterocycles. The summed E-state index contributed by atoms with van der Waals surface area (Å²) in [6.45, 7) is -0.375. The number of sulfonamides is 1. The van der Waals surface area contributed by atoms with Crippen molar-refractivity contribution in [3.63, 3.8) is 0 Å². The van der Waals surface area contributed by atoms with Gasteiger partial charge in [0, 0.05) is 7.05 Å². The zero-order chi connectivity index (χ0) is 17.9. The molecule has 0 aliphatic carbocycles. The first kappa shape index (κ1) is 17.7. The summed E-state index contributed by atoms with van der Waals surface area (Å²) < 4.78 is 43.1. The van der Waals surface area contributed by atoms with Crippen LogP contribution in [-0.2, 0) is 14.8 Å². The third-order valence-corrected chi connectivity index (χ3v) is 4.53. The molecule has 0 aliphatic rings. The Balaban J connectivity index is 2.50. The van der Waals surface area contributed by atoms with Crippen molar-refractivity contribution in [3.8, 4) is 16.9 Å². The van der Waals surface area contributed by atoms with Gasteiger partial charge in [0.15, 0.2) is 6.61 Å². The molecule has 24 heavy (non-hydrogen) atoms. The second-order valence-electron chi connectivity index (χ2n) is 5.17. The zero-order valence-corrected chi connectivity index (χ0v) is 14.0. The van der Waals surface area contributed by atoms with Crippen molar-refractivity contribution in [3.05, 3.63) is 48.3 Å². The molecule has 0 bridgehead atoms. The monoisotopic (exact) mass is 352 g/mol. The first-order valence-electron chi connectivity index (χ1n) is 6.93. The molecule has 8 heteroatoms. The van der Waals surface area contributed by atoms with Crippen molar-refractivity contribution in [2.45, 2.75) is 0 Å². The van der Waals surface area contributed by atoms with E-state index in [-0.39, 0.29) is 23.9 Å². The highest BCUT2D eigenvalue weighted by Gasteiger charge is 2.18. The van der Waals surface area contributed by atoms with E-state index >= 15 is 0 Å². The Hall–Kier alpha value is -2.61. The van der Waals surface area contributed by atoms with E-state index in [2.05, 4.69) is 0 Å². The lowest BCUT2D eigenvalue weighted by molar-refractivity contribution is -0.119. The van der Waals surface area contributed by atoms with Crippen molar-refractivity contribution in [1.82, 2.24) is 0 Å². The van der Waals surface area contributed by atoms with Crippen LogP contribution >= 0.6 is 0 Å². The number of hydrogen-bond donors (Lipinski definition) is 1. The van der Waals surface area contributed by atoms with E-state index in [0.717, 1.165) is 10.6 Å². The number of benzene rings is 2. The molecule has 0 aliphatic heterocycles. The number of primary amides is 1. The lowest BCUT2D eigenvalue weighted by Gasteiger charge is -2.21. The highest BCUT2D eigenvalue weighted by Crippen LogP contribution is 2.34. The summed E-state index contributed by atoms with van der Waals surface area (Å²) in [5, 5.41) is 0. The van der Waals surface area contributed by atoms with Gasteiger partial charge in [-0.2, -0.15) is 0 Å². The Morgan fingerprint density at radius 2 is 1.75 bits per heavy atom. The molecule has 6 nitrogen and oxygen atoms in total. The fraction of sp³-hybridized carbons (Fsp3) is 0.188. The molecule has 0 atom stereocenters. The van der Waals surface area contributed by atoms with Crippen LogP contribution in [0.1, 0.15) is 0 Å². The Morgan fingerprint density at radius 1 is 1.17 bits per heavy atom. The molecule has 2 aromatic rings. The minimum atomic E-state index is -3.55. The van der Waals surface area contributed by atoms with Gasteiger partial charge in [-0.3, -0.25) is 9.10 Å². The summed E-state index contributed by atoms with van der Waals surface area (Å²) in [6, 6.07) is 10.6. The van der Waals surface area contributed by atoms with Crippen LogP contribution < -0.4 is 14.8 Å². The van der Waals surface area contributed by atoms with Crippen LogP contribution in [0, 0.1) is 5.82 Å². The summed E-state index contributed by atoms with van der Waals surface area (Å²) >= 11 is 0. The number of nitrogens with two attached hydrogens (primary N) is 1. The van der Waals surface area contributed by atoms with Gasteiger partial charge in [0.05, 0.1) is 11.9 Å². The van der Waals surface area contributed by atoms with Crippen molar-refractivity contribution in [2.24, 2.45) is 5.73 Å². The van der Waals surface area contributed by atoms with Gasteiger partial charge in [-0.05, 0) is 35.4 Å². The first-order valence-corrected chi connectivity index (χ1v) is 8.78. The van der Waals surface area contributed by atoms with Gasteiger partial charge in [0.2, 0.25) is 10.0 Å². The van der Waals surface area contributed by atoms with E-state index in [1.165, 1.54) is 19.2 Å². The van der Waals surface area contributed by atoms with Crippen molar-refractivity contribution in [2.75, 3.05) is 24.2 Å². The third-order valence-electron chi connectivity index (χ3n) is 3.34. The second kappa shape index (κ2) is 6.88. The summed E-state index contributed by atoms with van der Waals surface area (Å²) in [4.78, 5) is 10.9. The second-order valence-corrected chi connectivity index (χ2v) is 7.19. The number of halogens is 1. The Kier molecular flexibility index (Phi) is 5.08. The molecular formula is C16H17FN2O4S. The number of rotatable bonds is 6. The van der Waals surface area contributed by atoms with Gasteiger partial charge in [0.25, 0.3) is 5.91 Å². The Bertz CT molecular complexity index is 851. The molecule has 0 spiro atoms. The van der Waals surface area contributed by atoms with E-state index in [1.807, 2.05) is 0 Å². The molecule has 0 fully saturated rings. The fourth-order valence-corrected chi connectivity index (χ4v) is 2.53. The lowest BCUT2D eigenvalue weighted by Crippen LogP contribution is -2.26. The molecule has 0 saturated carbocycles. The number of anilines is 1. The van der Waals surface area contributed by atoms with Gasteiger partial charge >= 0.3 is 0 Å². The maximum atomic E-state index is 13.1. The van der Waals surface area contributed by atoms with Crippen LogP contribution in [0.4, 0.5) is 10.1 Å². The molecule has 2 N–H and O–H groups in total. The number of carbonyl (C=O) groups is 1. The van der Waals surface area contributed by atoms with E-state index in [9.17, 15) is 17.6 Å². The van der Waals surface area contributed by atoms with Crippen LogP contribution in [0.3, 0.4) is 0 Å². The molecule has 0 unspecified atom stereocenters. The number of nitrogens with zero attached hydrogens (tertiary/aromatic N) is 1. The van der Waals surface area contributed by atoms with Crippen LogP contribution in [-0.4, -0.2) is 34.2 Å². The Morgan fingerprint density at radius 3 is 2.29 bits per heavy atom. The summed E-state index contributed by atoms with van der Waals surface area (Å²) in [6.07, 6.45) is 1.05. The van der Waals surface area contributed by atoms with Gasteiger partial charge in [-0.1, -0.05) is 18.2 Å². The predicted molar refractivity (Wildman–Crippen MR) is 89.8 cm³/mol. The topological polar surface area (TPSA) is 89.7 Å². The average molecular weight is 352 g/mol. The van der Waals surface area contributed by atoms with Gasteiger partial charge < -0.3 is 10.5 Å². The number of carbonyl (C=O) groups excluding carboxylic acids is 1. The van der Waals surface area contributed by atoms with Gasteiger partial charge in [-0.15, -0.1) is 0 Å². The molecular weight excluding hydrogens is 335 g/mol. The summed E-state index contributed by atoms with van der Waals surface area (Å²) in [5.41, 5.74) is 6.69. The quantitative estimate of drug-likeness (QED) is 0.858. The largest absolute Gasteiger partial charge is 0.482 e. The SMILES string of the molecule is CN(c1cc(-c2ccc(F)cc2)ccc1OCC(N)=O)S(C)(=O)=O. The maximum absolute atomic E-state index is 13.1. The Labute approximate surface area is 139 Å². The van der Waals surface area contributed by atoms with Gasteiger partial charge in [-0.25, -0.2) is 12.8 Å². The average Bonchev–Trinajstić information content (AvgIpc) is 2.52. The number of hydrogen-bond acceptors (Lipinski definition) is 4. The van der Waals surface area contributed by atoms with Crippen LogP contribution in [0.2, 0.25) is 0 Å². The van der Waals surface area contributed by atoms with Crippen LogP contribution in [0.25, 0.3) is 11.1 Å². The smallest absolute Gasteiger partial charge is 0.255 e. The van der Waals surface area contributed by atoms with Crippen molar-refractivity contribution < 1.29 is 22.3 Å². The normalized spacial score (nSPS) is 11.1. The maximum Gasteiger partial charge on any atom is 0.255 e. The standard InChI is InChI=1S/C16H17FN2O4S/c1-19(24(2,21)22)14-9-12(11-3-6-13(17)7-4-11)5-8-15(14)23-10-16(18)20/h3-9H,10H2,1-2H3,(H2,18,20). The molecule has 0 heterocycles. The molecule has 128 valence electrons. The highest BCUT2D eigenvalue weighted by molar-refractivity contribution is 7.92. The predicted octanol–water partition coefficient (Wildman–Crippen LogP) is 1.75. The van der Waals surface area contributed by atoms with E-state index < -0.39 is 15.9 Å². The summed E-state index contributed by atoms with van der Waals surface area (Å²) in [5.74, 6) is -0.841. The minimum Gasteiger partial charge on any atom is -0.482 e. The molecule has 0 radical (unpaired) electrons. The zero-order valence-electron chi connectivity index (χ0n) is 13.2. The lowest BCUT2D eigenvalue weighted by atomic mass is 10.0. The molecule has 0 aromatic heterocycles. The van der Waals surface area contributed by atoms with Crippen LogP contribution in [0.5, 0.6) is 5.75 Å². The molecule has 2 aromatic carbocycles. The van der Waals surface area contributed by atoms with E-state index in [0.29, 0.717) is 11.1 Å². The first-order chi connectivity index (χ1) is 11.2.